The van der Waals surface area contributed by atoms with Crippen molar-refractivity contribution in [1.82, 2.24) is 9.97 Å². The molecule has 1 atom stereocenters. The van der Waals surface area contributed by atoms with E-state index in [9.17, 15) is 4.79 Å². The third kappa shape index (κ3) is 6.71. The summed E-state index contributed by atoms with van der Waals surface area (Å²) in [6.07, 6.45) is 4.51. The van der Waals surface area contributed by atoms with Crippen molar-refractivity contribution in [2.24, 2.45) is 5.73 Å². The molecule has 0 aliphatic rings. The Morgan fingerprint density at radius 1 is 1.42 bits per heavy atom. The van der Waals surface area contributed by atoms with E-state index >= 15 is 0 Å². The number of nitrogens with two attached hydrogens (primary N) is 1. The van der Waals surface area contributed by atoms with Gasteiger partial charge in [-0.2, -0.15) is 0 Å². The minimum Gasteiger partial charge on any atom is -0.444 e. The molecule has 6 nitrogen and oxygen atoms in total. The van der Waals surface area contributed by atoms with Gasteiger partial charge in [-0.25, -0.2) is 14.8 Å². The highest BCUT2D eigenvalue weighted by Crippen LogP contribution is 2.09. The molecule has 0 saturated heterocycles. The number of anilines is 1. The largest absolute Gasteiger partial charge is 0.444 e. The number of carbonyl (C=O) groups is 1. The summed E-state index contributed by atoms with van der Waals surface area (Å²) in [5.74, 6) is 0.235. The van der Waals surface area contributed by atoms with Gasteiger partial charge in [-0.05, 0) is 46.1 Å². The molecule has 1 aromatic rings. The first-order valence-electron chi connectivity index (χ1n) is 6.33. The van der Waals surface area contributed by atoms with Crippen LogP contribution in [0.25, 0.3) is 0 Å². The Balaban J connectivity index is 2.50. The van der Waals surface area contributed by atoms with E-state index in [1.807, 2.05) is 6.92 Å². The summed E-state index contributed by atoms with van der Waals surface area (Å²) in [7, 11) is 0. The summed E-state index contributed by atoms with van der Waals surface area (Å²) >= 11 is 0. The SMILES string of the molecule is C[C@@H](N)CCc1cnc(NC(=O)OC(C)(C)C)nc1. The van der Waals surface area contributed by atoms with Crippen LogP contribution in [-0.4, -0.2) is 27.7 Å². The molecule has 1 aromatic heterocycles. The van der Waals surface area contributed by atoms with Gasteiger partial charge in [0.1, 0.15) is 5.60 Å². The summed E-state index contributed by atoms with van der Waals surface area (Å²) in [6, 6.07) is 0.152. The van der Waals surface area contributed by atoms with Gasteiger partial charge in [0.15, 0.2) is 0 Å². The second-order valence-corrected chi connectivity index (χ2v) is 5.56. The van der Waals surface area contributed by atoms with Gasteiger partial charge < -0.3 is 10.5 Å². The lowest BCUT2D eigenvalue weighted by molar-refractivity contribution is 0.0634. The minimum atomic E-state index is -0.559. The van der Waals surface area contributed by atoms with Crippen molar-refractivity contribution in [3.63, 3.8) is 0 Å². The number of nitrogens with zero attached hydrogens (tertiary/aromatic N) is 2. The Morgan fingerprint density at radius 2 is 2.00 bits per heavy atom. The van der Waals surface area contributed by atoms with Crippen LogP contribution in [0.15, 0.2) is 12.4 Å². The molecular formula is C13H22N4O2. The first-order valence-corrected chi connectivity index (χ1v) is 6.33. The van der Waals surface area contributed by atoms with Gasteiger partial charge in [0.2, 0.25) is 5.95 Å². The molecule has 1 amide bonds. The maximum absolute atomic E-state index is 11.5. The first kappa shape index (κ1) is 15.4. The quantitative estimate of drug-likeness (QED) is 0.871. The van der Waals surface area contributed by atoms with Crippen molar-refractivity contribution in [2.75, 3.05) is 5.32 Å². The fourth-order valence-electron chi connectivity index (χ4n) is 1.34. The maximum Gasteiger partial charge on any atom is 0.414 e. The Labute approximate surface area is 113 Å². The fourth-order valence-corrected chi connectivity index (χ4v) is 1.34. The number of hydrogen-bond acceptors (Lipinski definition) is 5. The van der Waals surface area contributed by atoms with Crippen molar-refractivity contribution in [3.8, 4) is 0 Å². The monoisotopic (exact) mass is 266 g/mol. The van der Waals surface area contributed by atoms with Crippen LogP contribution in [0.1, 0.15) is 39.7 Å². The Morgan fingerprint density at radius 3 is 2.47 bits per heavy atom. The van der Waals surface area contributed by atoms with Crippen molar-refractivity contribution in [2.45, 2.75) is 52.2 Å². The van der Waals surface area contributed by atoms with E-state index in [4.69, 9.17) is 10.5 Å². The molecule has 19 heavy (non-hydrogen) atoms. The predicted octanol–water partition coefficient (Wildman–Crippen LogP) is 2.10. The van der Waals surface area contributed by atoms with Gasteiger partial charge >= 0.3 is 6.09 Å². The van der Waals surface area contributed by atoms with Crippen LogP contribution < -0.4 is 11.1 Å². The van der Waals surface area contributed by atoms with E-state index in [1.54, 1.807) is 33.2 Å². The zero-order valence-electron chi connectivity index (χ0n) is 11.9. The summed E-state index contributed by atoms with van der Waals surface area (Å²) in [4.78, 5) is 19.6. The van der Waals surface area contributed by atoms with Crippen molar-refractivity contribution < 1.29 is 9.53 Å². The topological polar surface area (TPSA) is 90.1 Å². The first-order chi connectivity index (χ1) is 8.76. The number of nitrogens with one attached hydrogen (secondary N) is 1. The molecule has 1 rings (SSSR count). The molecule has 0 fully saturated rings. The fraction of sp³-hybridized carbons (Fsp3) is 0.615. The van der Waals surface area contributed by atoms with Gasteiger partial charge in [0.25, 0.3) is 0 Å². The molecule has 6 heteroatoms. The van der Waals surface area contributed by atoms with Crippen LogP contribution in [0.4, 0.5) is 10.7 Å². The molecule has 0 saturated carbocycles. The van der Waals surface area contributed by atoms with Gasteiger partial charge in [0.05, 0.1) is 0 Å². The number of ether oxygens (including phenoxy) is 1. The maximum atomic E-state index is 11.5. The molecular weight excluding hydrogens is 244 g/mol. The van der Waals surface area contributed by atoms with Crippen LogP contribution in [0.5, 0.6) is 0 Å². The van der Waals surface area contributed by atoms with Gasteiger partial charge in [0, 0.05) is 18.4 Å². The number of amides is 1. The average molecular weight is 266 g/mol. The Hall–Kier alpha value is -1.69. The molecule has 0 aromatic carbocycles. The second-order valence-electron chi connectivity index (χ2n) is 5.56. The number of aromatic nitrogens is 2. The molecule has 0 spiro atoms. The smallest absolute Gasteiger partial charge is 0.414 e. The standard InChI is InChI=1S/C13H22N4O2/c1-9(14)5-6-10-7-15-11(16-8-10)17-12(18)19-13(2,3)4/h7-9H,5-6,14H2,1-4H3,(H,15,16,17,18)/t9-/m1/s1. The molecule has 3 N–H and O–H groups in total. The van der Waals surface area contributed by atoms with Crippen molar-refractivity contribution in [3.05, 3.63) is 18.0 Å². The third-order valence-corrected chi connectivity index (χ3v) is 2.21. The van der Waals surface area contributed by atoms with Crippen molar-refractivity contribution >= 4 is 12.0 Å². The number of rotatable bonds is 4. The van der Waals surface area contributed by atoms with E-state index in [-0.39, 0.29) is 12.0 Å². The molecule has 1 heterocycles. The highest BCUT2D eigenvalue weighted by atomic mass is 16.6. The molecule has 0 unspecified atom stereocenters. The van der Waals surface area contributed by atoms with Crippen molar-refractivity contribution in [1.29, 1.82) is 0 Å². The zero-order chi connectivity index (χ0) is 14.5. The Bertz CT molecular complexity index is 410. The molecule has 0 bridgehead atoms. The van der Waals surface area contributed by atoms with E-state index in [0.29, 0.717) is 0 Å². The molecule has 106 valence electrons. The van der Waals surface area contributed by atoms with Crippen LogP contribution in [-0.2, 0) is 11.2 Å². The van der Waals surface area contributed by atoms with Crippen LogP contribution in [0, 0.1) is 0 Å². The molecule has 0 aliphatic heterocycles. The number of hydrogen-bond donors (Lipinski definition) is 2. The van der Waals surface area contributed by atoms with E-state index in [2.05, 4.69) is 15.3 Å². The lowest BCUT2D eigenvalue weighted by Gasteiger charge is -2.19. The van der Waals surface area contributed by atoms with Gasteiger partial charge in [-0.1, -0.05) is 0 Å². The normalized spacial score (nSPS) is 12.9. The number of carbonyl (C=O) groups excluding carboxylic acids is 1. The predicted molar refractivity (Wildman–Crippen MR) is 73.9 cm³/mol. The summed E-state index contributed by atoms with van der Waals surface area (Å²) in [5.41, 5.74) is 6.13. The highest BCUT2D eigenvalue weighted by Gasteiger charge is 2.16. The van der Waals surface area contributed by atoms with Gasteiger partial charge in [-0.15, -0.1) is 0 Å². The second kappa shape index (κ2) is 6.47. The lowest BCUT2D eigenvalue weighted by atomic mass is 10.1. The minimum absolute atomic E-state index is 0.152. The third-order valence-electron chi connectivity index (χ3n) is 2.21. The average Bonchev–Trinajstić information content (AvgIpc) is 2.25. The van der Waals surface area contributed by atoms with Gasteiger partial charge in [-0.3, -0.25) is 5.32 Å². The Kier molecular flexibility index (Phi) is 5.23. The summed E-state index contributed by atoms with van der Waals surface area (Å²) in [5, 5.41) is 2.48. The lowest BCUT2D eigenvalue weighted by Crippen LogP contribution is -2.27. The van der Waals surface area contributed by atoms with E-state index < -0.39 is 11.7 Å². The van der Waals surface area contributed by atoms with E-state index in [0.717, 1.165) is 18.4 Å². The highest BCUT2D eigenvalue weighted by molar-refractivity contribution is 5.82. The summed E-state index contributed by atoms with van der Waals surface area (Å²) in [6.45, 7) is 7.35. The van der Waals surface area contributed by atoms with E-state index in [1.165, 1.54) is 0 Å². The summed E-state index contributed by atoms with van der Waals surface area (Å²) < 4.78 is 5.10. The van der Waals surface area contributed by atoms with Crippen LogP contribution in [0.3, 0.4) is 0 Å². The molecule has 0 aliphatic carbocycles. The van der Waals surface area contributed by atoms with Crippen LogP contribution in [0.2, 0.25) is 0 Å². The molecule has 0 radical (unpaired) electrons. The van der Waals surface area contributed by atoms with Crippen LogP contribution >= 0.6 is 0 Å². The zero-order valence-corrected chi connectivity index (χ0v) is 11.9. The number of aryl methyl sites for hydroxylation is 1.